The molecule has 4 aromatic carbocycles. The summed E-state index contributed by atoms with van der Waals surface area (Å²) in [5, 5.41) is 29.8. The molecule has 0 bridgehead atoms. The van der Waals surface area contributed by atoms with Crippen molar-refractivity contribution in [3.63, 3.8) is 0 Å². The molecular weight excluding hydrogens is 504 g/mol. The van der Waals surface area contributed by atoms with E-state index in [-0.39, 0.29) is 23.3 Å². The normalized spacial score (nSPS) is 17.5. The molecule has 0 spiro atoms. The van der Waals surface area contributed by atoms with Gasteiger partial charge in [-0.1, -0.05) is 42.5 Å². The third-order valence-electron chi connectivity index (χ3n) is 7.14. The van der Waals surface area contributed by atoms with Crippen molar-refractivity contribution in [2.75, 3.05) is 4.90 Å². The van der Waals surface area contributed by atoms with Crippen molar-refractivity contribution < 1.29 is 33.7 Å². The number of phenols is 1. The predicted octanol–water partition coefficient (Wildman–Crippen LogP) is 6.25. The van der Waals surface area contributed by atoms with E-state index in [4.69, 9.17) is 0 Å². The SMILES string of the molecule is O=C(O)c1cc(-c2ccc(C3C(CC[C@H](O)c4ccc(F)cc4)C(=O)N3c3ccc(F)cc3)cc2)ccc1O. The summed E-state index contributed by atoms with van der Waals surface area (Å²) >= 11 is 0. The molecule has 1 aliphatic heterocycles. The largest absolute Gasteiger partial charge is 0.507 e. The number of hydrogen-bond acceptors (Lipinski definition) is 4. The van der Waals surface area contributed by atoms with Crippen molar-refractivity contribution in [1.82, 2.24) is 0 Å². The Kier molecular flexibility index (Phi) is 7.13. The second kappa shape index (κ2) is 10.7. The molecule has 0 aliphatic carbocycles. The fraction of sp³-hybridized carbons (Fsp3) is 0.161. The standard InChI is InChI=1S/C31H25F2NO5/c32-22-8-5-19(6-9-22)27(35)16-14-25-29(34(30(25)37)24-12-10-23(33)11-13-24)20-3-1-18(2-4-20)21-7-15-28(36)26(17-21)31(38)39/h1-13,15,17,25,27,29,35-36H,14,16H2,(H,38,39)/t25?,27-,29?/m0/s1. The van der Waals surface area contributed by atoms with Crippen molar-refractivity contribution in [3.05, 3.63) is 119 Å². The minimum Gasteiger partial charge on any atom is -0.507 e. The lowest BCUT2D eigenvalue weighted by Crippen LogP contribution is -2.55. The van der Waals surface area contributed by atoms with Gasteiger partial charge in [-0.3, -0.25) is 4.79 Å². The molecule has 3 N–H and O–H groups in total. The molecule has 198 valence electrons. The molecule has 5 rings (SSSR count). The van der Waals surface area contributed by atoms with Crippen molar-refractivity contribution in [2.45, 2.75) is 25.0 Å². The van der Waals surface area contributed by atoms with Crippen molar-refractivity contribution in [1.29, 1.82) is 0 Å². The number of carbonyl (C=O) groups is 2. The lowest BCUT2D eigenvalue weighted by atomic mass is 9.78. The minimum absolute atomic E-state index is 0.147. The third-order valence-corrected chi connectivity index (χ3v) is 7.14. The van der Waals surface area contributed by atoms with Gasteiger partial charge in [-0.15, -0.1) is 0 Å². The van der Waals surface area contributed by atoms with E-state index in [0.717, 1.165) is 11.1 Å². The van der Waals surface area contributed by atoms with Crippen LogP contribution in [0.3, 0.4) is 0 Å². The highest BCUT2D eigenvalue weighted by atomic mass is 19.1. The quantitative estimate of drug-likeness (QED) is 0.234. The maximum atomic E-state index is 13.6. The van der Waals surface area contributed by atoms with Gasteiger partial charge in [0, 0.05) is 5.69 Å². The van der Waals surface area contributed by atoms with Crippen LogP contribution in [0.2, 0.25) is 0 Å². The van der Waals surface area contributed by atoms with E-state index < -0.39 is 29.6 Å². The highest BCUT2D eigenvalue weighted by molar-refractivity contribution is 6.03. The van der Waals surface area contributed by atoms with Gasteiger partial charge in [0.1, 0.15) is 22.9 Å². The molecule has 1 heterocycles. The van der Waals surface area contributed by atoms with Gasteiger partial charge in [-0.05, 0) is 83.6 Å². The maximum absolute atomic E-state index is 13.6. The van der Waals surface area contributed by atoms with Crippen LogP contribution in [0.5, 0.6) is 5.75 Å². The first-order chi connectivity index (χ1) is 18.7. The van der Waals surface area contributed by atoms with Gasteiger partial charge in [0.25, 0.3) is 0 Å². The molecule has 39 heavy (non-hydrogen) atoms. The number of aliphatic hydroxyl groups excluding tert-OH is 1. The Labute approximate surface area is 223 Å². The van der Waals surface area contributed by atoms with Gasteiger partial charge in [-0.25, -0.2) is 13.6 Å². The van der Waals surface area contributed by atoms with Gasteiger partial charge in [0.05, 0.1) is 18.1 Å². The van der Waals surface area contributed by atoms with Crippen LogP contribution < -0.4 is 4.90 Å². The topological polar surface area (TPSA) is 98.1 Å². The molecule has 1 saturated heterocycles. The second-order valence-electron chi connectivity index (χ2n) is 9.54. The van der Waals surface area contributed by atoms with E-state index in [1.165, 1.54) is 48.5 Å². The van der Waals surface area contributed by atoms with Crippen molar-refractivity contribution >= 4 is 17.6 Å². The van der Waals surface area contributed by atoms with Gasteiger partial charge >= 0.3 is 5.97 Å². The minimum atomic E-state index is -1.24. The van der Waals surface area contributed by atoms with Gasteiger partial charge in [-0.2, -0.15) is 0 Å². The van der Waals surface area contributed by atoms with E-state index in [1.54, 1.807) is 23.1 Å². The number of aliphatic hydroxyl groups is 1. The summed E-state index contributed by atoms with van der Waals surface area (Å²) in [4.78, 5) is 26.3. The molecule has 3 atom stereocenters. The van der Waals surface area contributed by atoms with Crippen LogP contribution in [0.25, 0.3) is 11.1 Å². The molecule has 4 aromatic rings. The Balaban J connectivity index is 1.41. The molecule has 8 heteroatoms. The number of carboxylic acids is 1. The number of amides is 1. The third kappa shape index (κ3) is 5.24. The predicted molar refractivity (Wildman–Crippen MR) is 141 cm³/mol. The van der Waals surface area contributed by atoms with Gasteiger partial charge < -0.3 is 20.2 Å². The van der Waals surface area contributed by atoms with Crippen LogP contribution in [0.4, 0.5) is 14.5 Å². The average molecular weight is 530 g/mol. The summed E-state index contributed by atoms with van der Waals surface area (Å²) in [5.74, 6) is -2.96. The number of benzene rings is 4. The Morgan fingerprint density at radius 1 is 0.846 bits per heavy atom. The number of carboxylic acid groups (broad SMARTS) is 1. The zero-order valence-corrected chi connectivity index (χ0v) is 20.7. The molecule has 6 nitrogen and oxygen atoms in total. The summed E-state index contributed by atoms with van der Waals surface area (Å²) in [7, 11) is 0. The first kappa shape index (κ1) is 26.1. The van der Waals surface area contributed by atoms with Crippen LogP contribution in [0.1, 0.15) is 46.5 Å². The number of nitrogens with zero attached hydrogens (tertiary/aromatic N) is 1. The van der Waals surface area contributed by atoms with Crippen LogP contribution in [0.15, 0.2) is 91.0 Å². The lowest BCUT2D eigenvalue weighted by Gasteiger charge is -2.48. The van der Waals surface area contributed by atoms with E-state index in [0.29, 0.717) is 29.7 Å². The number of aromatic carboxylic acids is 1. The monoisotopic (exact) mass is 529 g/mol. The molecule has 0 aromatic heterocycles. The van der Waals surface area contributed by atoms with E-state index in [2.05, 4.69) is 0 Å². The smallest absolute Gasteiger partial charge is 0.339 e. The van der Waals surface area contributed by atoms with E-state index in [1.807, 2.05) is 24.3 Å². The van der Waals surface area contributed by atoms with Gasteiger partial charge in [0.2, 0.25) is 5.91 Å². The Hall–Kier alpha value is -4.56. The van der Waals surface area contributed by atoms with Crippen LogP contribution in [-0.4, -0.2) is 27.2 Å². The first-order valence-electron chi connectivity index (χ1n) is 12.4. The summed E-state index contributed by atoms with van der Waals surface area (Å²) in [6.07, 6.45) is -0.194. The number of anilines is 1. The Bertz CT molecular complexity index is 1500. The fourth-order valence-corrected chi connectivity index (χ4v) is 5.05. The molecule has 2 unspecified atom stereocenters. The van der Waals surface area contributed by atoms with Crippen molar-refractivity contribution in [2.24, 2.45) is 5.92 Å². The van der Waals surface area contributed by atoms with Crippen LogP contribution in [-0.2, 0) is 4.79 Å². The second-order valence-corrected chi connectivity index (χ2v) is 9.54. The number of rotatable bonds is 8. The van der Waals surface area contributed by atoms with E-state index >= 15 is 0 Å². The van der Waals surface area contributed by atoms with Gasteiger partial charge in [0.15, 0.2) is 0 Å². The lowest BCUT2D eigenvalue weighted by molar-refractivity contribution is -0.131. The molecule has 1 fully saturated rings. The van der Waals surface area contributed by atoms with Crippen LogP contribution >= 0.6 is 0 Å². The zero-order valence-electron chi connectivity index (χ0n) is 20.7. The summed E-state index contributed by atoms with van der Waals surface area (Å²) in [6.45, 7) is 0. The Morgan fingerprint density at radius 3 is 2.05 bits per heavy atom. The van der Waals surface area contributed by atoms with E-state index in [9.17, 15) is 33.7 Å². The summed E-state index contributed by atoms with van der Waals surface area (Å²) in [5.41, 5.74) is 3.06. The van der Waals surface area contributed by atoms with Crippen molar-refractivity contribution in [3.8, 4) is 16.9 Å². The number of carbonyl (C=O) groups excluding carboxylic acids is 1. The number of β-lactam (4-membered cyclic amide) rings is 1. The zero-order chi connectivity index (χ0) is 27.7. The molecule has 1 amide bonds. The summed E-state index contributed by atoms with van der Waals surface area (Å²) in [6, 6.07) is 22.5. The molecule has 1 aliphatic rings. The fourth-order valence-electron chi connectivity index (χ4n) is 5.05. The molecule has 0 radical (unpaired) electrons. The number of halogens is 2. The molecular formula is C31H25F2NO5. The van der Waals surface area contributed by atoms with Crippen LogP contribution in [0, 0.1) is 17.6 Å². The summed E-state index contributed by atoms with van der Waals surface area (Å²) < 4.78 is 26.8. The maximum Gasteiger partial charge on any atom is 0.339 e. The molecule has 0 saturated carbocycles. The number of hydrogen-bond donors (Lipinski definition) is 3. The number of aromatic hydroxyl groups is 1. The average Bonchev–Trinajstić information content (AvgIpc) is 2.93. The Morgan fingerprint density at radius 2 is 1.44 bits per heavy atom. The highest BCUT2D eigenvalue weighted by Gasteiger charge is 2.48. The highest BCUT2D eigenvalue weighted by Crippen LogP contribution is 2.46. The first-order valence-corrected chi connectivity index (χ1v) is 12.4.